The second kappa shape index (κ2) is 5.98. The second-order valence-electron chi connectivity index (χ2n) is 6.59. The van der Waals surface area contributed by atoms with Crippen LogP contribution in [0.15, 0.2) is 36.7 Å². The van der Waals surface area contributed by atoms with E-state index in [9.17, 15) is 0 Å². The van der Waals surface area contributed by atoms with E-state index in [4.69, 9.17) is 0 Å². The van der Waals surface area contributed by atoms with Gasteiger partial charge in [0.2, 0.25) is 0 Å². The quantitative estimate of drug-likeness (QED) is 0.858. The molecule has 112 valence electrons. The standard InChI is InChI=1S/C17H24N4/c1-17(2)9-8-14-6-3-4-7-15(14)16(17)18-10-5-12-21-13-11-19-20-21/h3-4,6-7,11,13,16,18H,5,8-10,12H2,1-2H3. The van der Waals surface area contributed by atoms with Gasteiger partial charge in [-0.3, -0.25) is 4.68 Å². The maximum Gasteiger partial charge on any atom is 0.0692 e. The number of nitrogens with zero attached hydrogens (tertiary/aromatic N) is 3. The lowest BCUT2D eigenvalue weighted by atomic mass is 9.70. The third kappa shape index (κ3) is 3.16. The molecule has 4 nitrogen and oxygen atoms in total. The predicted molar refractivity (Wildman–Crippen MR) is 83.9 cm³/mol. The Morgan fingerprint density at radius 1 is 1.33 bits per heavy atom. The van der Waals surface area contributed by atoms with Crippen LogP contribution in [0, 0.1) is 5.41 Å². The molecule has 1 aromatic heterocycles. The fourth-order valence-corrected chi connectivity index (χ4v) is 3.29. The molecule has 0 amide bonds. The van der Waals surface area contributed by atoms with E-state index >= 15 is 0 Å². The molecule has 0 radical (unpaired) electrons. The molecule has 0 spiro atoms. The van der Waals surface area contributed by atoms with Gasteiger partial charge in [-0.1, -0.05) is 43.3 Å². The Morgan fingerprint density at radius 3 is 3.00 bits per heavy atom. The van der Waals surface area contributed by atoms with Gasteiger partial charge in [0.15, 0.2) is 0 Å². The van der Waals surface area contributed by atoms with Crippen molar-refractivity contribution >= 4 is 0 Å². The number of benzene rings is 1. The minimum absolute atomic E-state index is 0.307. The van der Waals surface area contributed by atoms with Gasteiger partial charge in [0, 0.05) is 18.8 Å². The SMILES string of the molecule is CC1(C)CCc2ccccc2C1NCCCn1ccnn1. The van der Waals surface area contributed by atoms with Crippen molar-refractivity contribution in [2.24, 2.45) is 5.41 Å². The molecule has 2 aromatic rings. The molecule has 3 rings (SSSR count). The maximum absolute atomic E-state index is 4.00. The van der Waals surface area contributed by atoms with Crippen LogP contribution < -0.4 is 5.32 Å². The highest BCUT2D eigenvalue weighted by Crippen LogP contribution is 2.43. The summed E-state index contributed by atoms with van der Waals surface area (Å²) in [5.74, 6) is 0. The van der Waals surface area contributed by atoms with Crippen molar-refractivity contribution < 1.29 is 0 Å². The molecule has 21 heavy (non-hydrogen) atoms. The lowest BCUT2D eigenvalue weighted by Crippen LogP contribution is -2.38. The van der Waals surface area contributed by atoms with Crippen LogP contribution in [0.2, 0.25) is 0 Å². The molecule has 1 aliphatic rings. The molecule has 1 N–H and O–H groups in total. The summed E-state index contributed by atoms with van der Waals surface area (Å²) < 4.78 is 1.89. The molecule has 1 unspecified atom stereocenters. The van der Waals surface area contributed by atoms with Crippen LogP contribution in [0.1, 0.15) is 43.9 Å². The number of hydrogen-bond acceptors (Lipinski definition) is 3. The molecular formula is C17H24N4. The first-order valence-corrected chi connectivity index (χ1v) is 7.82. The van der Waals surface area contributed by atoms with E-state index in [1.165, 1.54) is 24.0 Å². The smallest absolute Gasteiger partial charge is 0.0692 e. The summed E-state index contributed by atoms with van der Waals surface area (Å²) in [5, 5.41) is 11.6. The number of fused-ring (bicyclic) bond motifs is 1. The van der Waals surface area contributed by atoms with Crippen molar-refractivity contribution in [1.82, 2.24) is 20.3 Å². The average Bonchev–Trinajstić information content (AvgIpc) is 2.98. The van der Waals surface area contributed by atoms with Gasteiger partial charge in [-0.2, -0.15) is 0 Å². The molecule has 0 aliphatic heterocycles. The van der Waals surface area contributed by atoms with Gasteiger partial charge in [0.05, 0.1) is 6.20 Å². The zero-order chi connectivity index (χ0) is 14.7. The number of aryl methyl sites for hydroxylation is 2. The molecule has 0 bridgehead atoms. The molecule has 1 aliphatic carbocycles. The first-order valence-electron chi connectivity index (χ1n) is 7.82. The highest BCUT2D eigenvalue weighted by molar-refractivity contribution is 5.34. The first-order chi connectivity index (χ1) is 10.2. The topological polar surface area (TPSA) is 42.7 Å². The van der Waals surface area contributed by atoms with E-state index in [-0.39, 0.29) is 0 Å². The molecule has 1 heterocycles. The van der Waals surface area contributed by atoms with Crippen molar-refractivity contribution in [3.05, 3.63) is 47.8 Å². The van der Waals surface area contributed by atoms with Crippen molar-refractivity contribution in [3.63, 3.8) is 0 Å². The fourth-order valence-electron chi connectivity index (χ4n) is 3.29. The molecule has 0 saturated carbocycles. The lowest BCUT2D eigenvalue weighted by molar-refractivity contribution is 0.208. The second-order valence-corrected chi connectivity index (χ2v) is 6.59. The summed E-state index contributed by atoms with van der Waals surface area (Å²) in [6.07, 6.45) is 7.15. The fraction of sp³-hybridized carbons (Fsp3) is 0.529. The van der Waals surface area contributed by atoms with Gasteiger partial charge < -0.3 is 5.32 Å². The van der Waals surface area contributed by atoms with Crippen LogP contribution in [-0.2, 0) is 13.0 Å². The Kier molecular flexibility index (Phi) is 4.06. The summed E-state index contributed by atoms with van der Waals surface area (Å²) in [6.45, 7) is 6.67. The molecule has 1 atom stereocenters. The highest BCUT2D eigenvalue weighted by Gasteiger charge is 2.34. The van der Waals surface area contributed by atoms with Crippen LogP contribution in [0.5, 0.6) is 0 Å². The average molecular weight is 284 g/mol. The monoisotopic (exact) mass is 284 g/mol. The third-order valence-electron chi connectivity index (χ3n) is 4.57. The van der Waals surface area contributed by atoms with E-state index in [1.54, 1.807) is 6.20 Å². The zero-order valence-corrected chi connectivity index (χ0v) is 12.9. The Morgan fingerprint density at radius 2 is 2.19 bits per heavy atom. The first kappa shape index (κ1) is 14.3. The number of rotatable bonds is 5. The maximum atomic E-state index is 4.00. The highest BCUT2D eigenvalue weighted by atomic mass is 15.4. The van der Waals surface area contributed by atoms with Crippen LogP contribution in [0.4, 0.5) is 0 Å². The largest absolute Gasteiger partial charge is 0.309 e. The Bertz CT molecular complexity index is 574. The van der Waals surface area contributed by atoms with E-state index in [1.807, 2.05) is 10.9 Å². The Balaban J connectivity index is 1.62. The van der Waals surface area contributed by atoms with E-state index < -0.39 is 0 Å². The molecule has 1 aromatic carbocycles. The van der Waals surface area contributed by atoms with E-state index in [0.29, 0.717) is 11.5 Å². The zero-order valence-electron chi connectivity index (χ0n) is 12.9. The van der Waals surface area contributed by atoms with Gasteiger partial charge in [0.25, 0.3) is 0 Å². The Labute approximate surface area is 126 Å². The minimum Gasteiger partial charge on any atom is -0.309 e. The Hall–Kier alpha value is -1.68. The summed E-state index contributed by atoms with van der Waals surface area (Å²) in [4.78, 5) is 0. The van der Waals surface area contributed by atoms with Crippen LogP contribution in [0.25, 0.3) is 0 Å². The van der Waals surface area contributed by atoms with Crippen molar-refractivity contribution in [2.45, 2.75) is 45.7 Å². The molecule has 0 fully saturated rings. The number of aromatic nitrogens is 3. The number of hydrogen-bond donors (Lipinski definition) is 1. The summed E-state index contributed by atoms with van der Waals surface area (Å²) in [5.41, 5.74) is 3.29. The minimum atomic E-state index is 0.307. The molecular weight excluding hydrogens is 260 g/mol. The van der Waals surface area contributed by atoms with Crippen LogP contribution >= 0.6 is 0 Å². The summed E-state index contributed by atoms with van der Waals surface area (Å²) >= 11 is 0. The summed E-state index contributed by atoms with van der Waals surface area (Å²) in [6, 6.07) is 9.31. The van der Waals surface area contributed by atoms with Crippen molar-refractivity contribution in [1.29, 1.82) is 0 Å². The van der Waals surface area contributed by atoms with Gasteiger partial charge in [-0.05, 0) is 42.3 Å². The molecule has 4 heteroatoms. The third-order valence-corrected chi connectivity index (χ3v) is 4.57. The van der Waals surface area contributed by atoms with E-state index in [0.717, 1.165) is 19.5 Å². The normalized spacial score (nSPS) is 20.2. The van der Waals surface area contributed by atoms with Crippen LogP contribution in [-0.4, -0.2) is 21.5 Å². The van der Waals surface area contributed by atoms with Gasteiger partial charge in [-0.25, -0.2) is 0 Å². The van der Waals surface area contributed by atoms with E-state index in [2.05, 4.69) is 53.7 Å². The van der Waals surface area contributed by atoms with Gasteiger partial charge in [0.1, 0.15) is 0 Å². The summed E-state index contributed by atoms with van der Waals surface area (Å²) in [7, 11) is 0. The van der Waals surface area contributed by atoms with Crippen molar-refractivity contribution in [2.75, 3.05) is 6.54 Å². The molecule has 0 saturated heterocycles. The van der Waals surface area contributed by atoms with Gasteiger partial charge >= 0.3 is 0 Å². The predicted octanol–water partition coefficient (Wildman–Crippen LogP) is 2.97. The van der Waals surface area contributed by atoms with Crippen molar-refractivity contribution in [3.8, 4) is 0 Å². The number of nitrogens with one attached hydrogen (secondary N) is 1. The van der Waals surface area contributed by atoms with Crippen LogP contribution in [0.3, 0.4) is 0 Å². The van der Waals surface area contributed by atoms with Gasteiger partial charge in [-0.15, -0.1) is 5.10 Å². The lowest BCUT2D eigenvalue weighted by Gasteiger charge is -2.40.